The summed E-state index contributed by atoms with van der Waals surface area (Å²) in [5.74, 6) is 1.54. The maximum atomic E-state index is 12.1. The molecule has 122 valence electrons. The Morgan fingerprint density at radius 3 is 3.00 bits per heavy atom. The van der Waals surface area contributed by atoms with Gasteiger partial charge < -0.3 is 15.2 Å². The van der Waals surface area contributed by atoms with E-state index in [9.17, 15) is 9.90 Å². The third kappa shape index (κ3) is 5.34. The van der Waals surface area contributed by atoms with Crippen molar-refractivity contribution in [3.63, 3.8) is 0 Å². The number of amides is 1. The standard InChI is InChI=1S/C18H27NO3/c1-13-5-3-7-15(9-13)18(21)19-11-16(20)12-22-17-8-4-6-14(2)10-17/h4,6,8,10,13,15-16,20H,3,5,7,9,11-12H2,1-2H3,(H,19,21). The second-order valence-corrected chi connectivity index (χ2v) is 6.50. The first-order valence-corrected chi connectivity index (χ1v) is 8.20. The fourth-order valence-corrected chi connectivity index (χ4v) is 2.99. The molecule has 1 aromatic rings. The summed E-state index contributed by atoms with van der Waals surface area (Å²) in [4.78, 5) is 12.1. The zero-order chi connectivity index (χ0) is 15.9. The van der Waals surface area contributed by atoms with E-state index in [1.54, 1.807) is 0 Å². The zero-order valence-corrected chi connectivity index (χ0v) is 13.5. The lowest BCUT2D eigenvalue weighted by molar-refractivity contribution is -0.126. The molecule has 1 aliphatic carbocycles. The number of carbonyl (C=O) groups is 1. The van der Waals surface area contributed by atoms with E-state index in [0.29, 0.717) is 5.92 Å². The number of aliphatic hydroxyl groups excluding tert-OH is 1. The molecule has 1 saturated carbocycles. The molecule has 0 spiro atoms. The van der Waals surface area contributed by atoms with Crippen molar-refractivity contribution in [3.05, 3.63) is 29.8 Å². The molecule has 0 heterocycles. The average molecular weight is 305 g/mol. The number of rotatable bonds is 6. The summed E-state index contributed by atoms with van der Waals surface area (Å²) < 4.78 is 5.54. The monoisotopic (exact) mass is 305 g/mol. The van der Waals surface area contributed by atoms with E-state index >= 15 is 0 Å². The van der Waals surface area contributed by atoms with Crippen molar-refractivity contribution in [1.82, 2.24) is 5.32 Å². The van der Waals surface area contributed by atoms with Crippen molar-refractivity contribution in [2.24, 2.45) is 11.8 Å². The van der Waals surface area contributed by atoms with Crippen LogP contribution in [0.1, 0.15) is 38.2 Å². The summed E-state index contributed by atoms with van der Waals surface area (Å²) in [6.45, 7) is 4.62. The minimum Gasteiger partial charge on any atom is -0.491 e. The maximum Gasteiger partial charge on any atom is 0.223 e. The predicted molar refractivity (Wildman–Crippen MR) is 86.8 cm³/mol. The molecule has 1 aromatic carbocycles. The molecule has 0 aromatic heterocycles. The quantitative estimate of drug-likeness (QED) is 0.849. The first-order valence-electron chi connectivity index (χ1n) is 8.20. The Kier molecular flexibility index (Phi) is 6.25. The van der Waals surface area contributed by atoms with Gasteiger partial charge in [0.2, 0.25) is 5.91 Å². The summed E-state index contributed by atoms with van der Waals surface area (Å²) in [6, 6.07) is 7.70. The van der Waals surface area contributed by atoms with Crippen LogP contribution < -0.4 is 10.1 Å². The lowest BCUT2D eigenvalue weighted by atomic mass is 9.82. The van der Waals surface area contributed by atoms with E-state index in [-0.39, 0.29) is 25.0 Å². The topological polar surface area (TPSA) is 58.6 Å². The van der Waals surface area contributed by atoms with Crippen LogP contribution in [0, 0.1) is 18.8 Å². The minimum atomic E-state index is -0.689. The summed E-state index contributed by atoms with van der Waals surface area (Å²) in [7, 11) is 0. The minimum absolute atomic E-state index is 0.0705. The van der Waals surface area contributed by atoms with Gasteiger partial charge in [0, 0.05) is 12.5 Å². The highest BCUT2D eigenvalue weighted by molar-refractivity contribution is 5.78. The summed E-state index contributed by atoms with van der Waals surface area (Å²) >= 11 is 0. The molecule has 4 nitrogen and oxygen atoms in total. The number of benzene rings is 1. The molecule has 0 saturated heterocycles. The number of ether oxygens (including phenoxy) is 1. The van der Waals surface area contributed by atoms with Crippen LogP contribution in [0.15, 0.2) is 24.3 Å². The molecule has 1 aliphatic rings. The van der Waals surface area contributed by atoms with Gasteiger partial charge in [-0.05, 0) is 43.4 Å². The molecule has 3 atom stereocenters. The van der Waals surface area contributed by atoms with Gasteiger partial charge in [0.1, 0.15) is 18.5 Å². The van der Waals surface area contributed by atoms with Crippen LogP contribution in [0.2, 0.25) is 0 Å². The highest BCUT2D eigenvalue weighted by atomic mass is 16.5. The molecule has 1 amide bonds. The molecular formula is C18H27NO3. The maximum absolute atomic E-state index is 12.1. The molecular weight excluding hydrogens is 278 g/mol. The van der Waals surface area contributed by atoms with E-state index < -0.39 is 6.10 Å². The Balaban J connectivity index is 1.68. The van der Waals surface area contributed by atoms with Gasteiger partial charge in [0.15, 0.2) is 0 Å². The van der Waals surface area contributed by atoms with E-state index in [4.69, 9.17) is 4.74 Å². The van der Waals surface area contributed by atoms with Crippen molar-refractivity contribution in [1.29, 1.82) is 0 Å². The second kappa shape index (κ2) is 8.18. The average Bonchev–Trinajstić information content (AvgIpc) is 2.50. The van der Waals surface area contributed by atoms with Gasteiger partial charge >= 0.3 is 0 Å². The number of hydrogen-bond donors (Lipinski definition) is 2. The van der Waals surface area contributed by atoms with Crippen LogP contribution >= 0.6 is 0 Å². The fraction of sp³-hybridized carbons (Fsp3) is 0.611. The SMILES string of the molecule is Cc1cccc(OCC(O)CNC(=O)C2CCCC(C)C2)c1. The van der Waals surface area contributed by atoms with Gasteiger partial charge in [-0.25, -0.2) is 0 Å². The Hall–Kier alpha value is -1.55. The molecule has 0 bridgehead atoms. The van der Waals surface area contributed by atoms with Crippen molar-refractivity contribution < 1.29 is 14.6 Å². The van der Waals surface area contributed by atoms with Gasteiger partial charge in [0.05, 0.1) is 0 Å². The number of carbonyl (C=O) groups excluding carboxylic acids is 1. The van der Waals surface area contributed by atoms with Crippen molar-refractivity contribution in [2.75, 3.05) is 13.2 Å². The van der Waals surface area contributed by atoms with Gasteiger partial charge in [-0.15, -0.1) is 0 Å². The fourth-order valence-electron chi connectivity index (χ4n) is 2.99. The molecule has 1 fully saturated rings. The normalized spacial score (nSPS) is 22.9. The van der Waals surface area contributed by atoms with Gasteiger partial charge in [-0.1, -0.05) is 31.9 Å². The van der Waals surface area contributed by atoms with Crippen molar-refractivity contribution in [2.45, 2.75) is 45.6 Å². The lowest BCUT2D eigenvalue weighted by Crippen LogP contribution is -2.39. The largest absolute Gasteiger partial charge is 0.491 e. The first-order chi connectivity index (χ1) is 10.5. The molecule has 2 N–H and O–H groups in total. The Morgan fingerprint density at radius 2 is 2.27 bits per heavy atom. The Bertz CT molecular complexity index is 489. The highest BCUT2D eigenvalue weighted by Crippen LogP contribution is 2.28. The number of aliphatic hydroxyl groups is 1. The van der Waals surface area contributed by atoms with Gasteiger partial charge in [-0.2, -0.15) is 0 Å². The molecule has 3 unspecified atom stereocenters. The third-order valence-corrected chi connectivity index (χ3v) is 4.25. The second-order valence-electron chi connectivity index (χ2n) is 6.50. The van der Waals surface area contributed by atoms with Crippen LogP contribution in [0.4, 0.5) is 0 Å². The van der Waals surface area contributed by atoms with E-state index in [1.165, 1.54) is 6.42 Å². The molecule has 0 aliphatic heterocycles. The van der Waals surface area contributed by atoms with E-state index in [2.05, 4.69) is 12.2 Å². The number of nitrogens with one attached hydrogen (secondary N) is 1. The van der Waals surface area contributed by atoms with Crippen LogP contribution in [0.5, 0.6) is 5.75 Å². The Morgan fingerprint density at radius 1 is 1.45 bits per heavy atom. The molecule has 2 rings (SSSR count). The Labute approximate surface area is 132 Å². The molecule has 4 heteroatoms. The number of aryl methyl sites for hydroxylation is 1. The van der Waals surface area contributed by atoms with E-state index in [0.717, 1.165) is 30.6 Å². The van der Waals surface area contributed by atoms with Crippen molar-refractivity contribution >= 4 is 5.91 Å². The van der Waals surface area contributed by atoms with Crippen LogP contribution in [0.25, 0.3) is 0 Å². The highest BCUT2D eigenvalue weighted by Gasteiger charge is 2.25. The first kappa shape index (κ1) is 16.8. The smallest absolute Gasteiger partial charge is 0.223 e. The molecule has 0 radical (unpaired) electrons. The van der Waals surface area contributed by atoms with E-state index in [1.807, 2.05) is 31.2 Å². The predicted octanol–water partition coefficient (Wildman–Crippen LogP) is 2.68. The zero-order valence-electron chi connectivity index (χ0n) is 13.5. The summed E-state index contributed by atoms with van der Waals surface area (Å²) in [5, 5.41) is 12.8. The van der Waals surface area contributed by atoms with Gasteiger partial charge in [0.25, 0.3) is 0 Å². The summed E-state index contributed by atoms with van der Waals surface area (Å²) in [6.07, 6.45) is 3.58. The van der Waals surface area contributed by atoms with Crippen LogP contribution in [-0.4, -0.2) is 30.3 Å². The summed E-state index contributed by atoms with van der Waals surface area (Å²) in [5.41, 5.74) is 1.12. The third-order valence-electron chi connectivity index (χ3n) is 4.25. The van der Waals surface area contributed by atoms with Crippen LogP contribution in [-0.2, 0) is 4.79 Å². The van der Waals surface area contributed by atoms with Crippen LogP contribution in [0.3, 0.4) is 0 Å². The van der Waals surface area contributed by atoms with Gasteiger partial charge in [-0.3, -0.25) is 4.79 Å². The molecule has 22 heavy (non-hydrogen) atoms. The lowest BCUT2D eigenvalue weighted by Gasteiger charge is -2.26. The van der Waals surface area contributed by atoms with Crippen molar-refractivity contribution in [3.8, 4) is 5.75 Å². The number of hydrogen-bond acceptors (Lipinski definition) is 3.